The van der Waals surface area contributed by atoms with Crippen LogP contribution in [-0.4, -0.2) is 74.5 Å². The number of hydrogen-bond donors (Lipinski definition) is 1. The molecule has 2 aromatic heterocycles. The highest BCUT2D eigenvalue weighted by Gasteiger charge is 2.65. The molecule has 1 fully saturated rings. The maximum Gasteiger partial charge on any atom is 0.410 e. The van der Waals surface area contributed by atoms with Crippen molar-refractivity contribution >= 4 is 39.4 Å². The summed E-state index contributed by atoms with van der Waals surface area (Å²) in [6.07, 6.45) is 0.468. The summed E-state index contributed by atoms with van der Waals surface area (Å²) in [7, 11) is -9.90. The molecule has 1 saturated heterocycles. The Kier molecular flexibility index (Phi) is 8.11. The van der Waals surface area contributed by atoms with Gasteiger partial charge in [0, 0.05) is 43.9 Å². The number of aromatic nitrogens is 4. The zero-order valence-corrected chi connectivity index (χ0v) is 28.5. The number of anilines is 2. The Labute approximate surface area is 283 Å². The van der Waals surface area contributed by atoms with Gasteiger partial charge in [0.1, 0.15) is 28.5 Å². The van der Waals surface area contributed by atoms with Gasteiger partial charge in [0.15, 0.2) is 5.82 Å². The molecule has 2 amide bonds. The first-order valence-electron chi connectivity index (χ1n) is 15.9. The van der Waals surface area contributed by atoms with Crippen LogP contribution >= 0.6 is 10.2 Å². The van der Waals surface area contributed by atoms with Crippen molar-refractivity contribution in [1.29, 1.82) is 0 Å². The number of benzene rings is 2. The standard InChI is InChI=1S/C32H36F5N7O5S/c1-5-24-27(41-13-15-42(16-14-41)31(47)49-32(2,3)4)29(46)44-30(39-28(40-44)21-6-11-25-20(18-21)12-17-48-25)43(24)19-26(45)38-22-7-9-23(10-8-22)50(33,34,35,36)37/h6-11,18H,5,12-17,19H2,1-4H3,(H,38,45). The molecule has 6 rings (SSSR count). The number of piperazine rings is 1. The van der Waals surface area contributed by atoms with Gasteiger partial charge in [-0.25, -0.2) is 4.79 Å². The third-order valence-electron chi connectivity index (χ3n) is 8.24. The van der Waals surface area contributed by atoms with E-state index in [0.717, 1.165) is 28.0 Å². The first-order chi connectivity index (χ1) is 23.2. The summed E-state index contributed by atoms with van der Waals surface area (Å²) < 4.78 is 79.9. The number of amides is 2. The third kappa shape index (κ3) is 7.20. The summed E-state index contributed by atoms with van der Waals surface area (Å²) in [5.41, 5.74) is 0.918. The van der Waals surface area contributed by atoms with Crippen molar-refractivity contribution in [2.24, 2.45) is 0 Å². The summed E-state index contributed by atoms with van der Waals surface area (Å²) in [4.78, 5) is 46.2. The van der Waals surface area contributed by atoms with Gasteiger partial charge in [-0.15, -0.1) is 5.10 Å². The smallest absolute Gasteiger partial charge is 0.410 e. The molecule has 0 spiro atoms. The number of carbonyl (C=O) groups is 2. The number of ether oxygens (including phenoxy) is 2. The van der Waals surface area contributed by atoms with E-state index in [1.165, 1.54) is 4.57 Å². The fourth-order valence-electron chi connectivity index (χ4n) is 5.96. The zero-order valence-electron chi connectivity index (χ0n) is 27.7. The summed E-state index contributed by atoms with van der Waals surface area (Å²) in [5.74, 6) is 0.279. The Morgan fingerprint density at radius 1 is 1.00 bits per heavy atom. The molecule has 2 aromatic carbocycles. The van der Waals surface area contributed by atoms with Crippen molar-refractivity contribution < 1.29 is 38.5 Å². The molecule has 12 nitrogen and oxygen atoms in total. The van der Waals surface area contributed by atoms with Crippen molar-refractivity contribution in [2.45, 2.75) is 57.6 Å². The van der Waals surface area contributed by atoms with Crippen LogP contribution in [0, 0.1) is 0 Å². The Bertz CT molecular complexity index is 2050. The highest BCUT2D eigenvalue weighted by atomic mass is 32.5. The van der Waals surface area contributed by atoms with Crippen molar-refractivity contribution in [1.82, 2.24) is 24.1 Å². The second-order valence-electron chi connectivity index (χ2n) is 13.1. The molecule has 2 aliphatic heterocycles. The molecular weight excluding hydrogens is 689 g/mol. The normalized spacial score (nSPS) is 16.4. The van der Waals surface area contributed by atoms with Gasteiger partial charge in [-0.3, -0.25) is 9.59 Å². The molecule has 4 aromatic rings. The van der Waals surface area contributed by atoms with Crippen LogP contribution in [0.4, 0.5) is 35.6 Å². The lowest BCUT2D eigenvalue weighted by Gasteiger charge is -2.40. The summed E-state index contributed by atoms with van der Waals surface area (Å²) in [6, 6.07) is 7.34. The van der Waals surface area contributed by atoms with E-state index in [2.05, 4.69) is 15.4 Å². The molecule has 0 bridgehead atoms. The maximum atomic E-state index is 14.2. The molecule has 0 atom stereocenters. The fraction of sp³-hybridized carbons (Fsp3) is 0.406. The second-order valence-corrected chi connectivity index (χ2v) is 15.5. The molecule has 2 aliphatic rings. The molecule has 1 N–H and O–H groups in total. The number of halogens is 5. The summed E-state index contributed by atoms with van der Waals surface area (Å²) in [6.45, 7) is 8.22. The Morgan fingerprint density at radius 2 is 1.68 bits per heavy atom. The van der Waals surface area contributed by atoms with Gasteiger partial charge in [0.05, 0.1) is 12.3 Å². The number of fused-ring (bicyclic) bond motifs is 2. The van der Waals surface area contributed by atoms with Gasteiger partial charge in [-0.2, -0.15) is 9.50 Å². The van der Waals surface area contributed by atoms with Gasteiger partial charge in [-0.1, -0.05) is 26.4 Å². The van der Waals surface area contributed by atoms with Crippen LogP contribution in [0.3, 0.4) is 0 Å². The summed E-state index contributed by atoms with van der Waals surface area (Å²) in [5, 5.41) is 6.98. The van der Waals surface area contributed by atoms with E-state index in [0.29, 0.717) is 24.3 Å². The fourth-order valence-corrected chi connectivity index (χ4v) is 6.61. The van der Waals surface area contributed by atoms with Crippen LogP contribution < -0.4 is 20.5 Å². The molecule has 0 radical (unpaired) electrons. The van der Waals surface area contributed by atoms with Gasteiger partial charge in [0.25, 0.3) is 5.56 Å². The van der Waals surface area contributed by atoms with E-state index in [4.69, 9.17) is 9.47 Å². The topological polar surface area (TPSA) is 123 Å². The Hall–Kier alpha value is -4.87. The minimum Gasteiger partial charge on any atom is -0.493 e. The van der Waals surface area contributed by atoms with E-state index in [-0.39, 0.29) is 67.7 Å². The number of nitrogens with one attached hydrogen (secondary N) is 1. The van der Waals surface area contributed by atoms with Crippen molar-refractivity contribution in [2.75, 3.05) is 43.0 Å². The quantitative estimate of drug-likeness (QED) is 0.217. The maximum absolute atomic E-state index is 14.2. The molecule has 0 unspecified atom stereocenters. The van der Waals surface area contributed by atoms with E-state index in [1.807, 2.05) is 11.0 Å². The lowest BCUT2D eigenvalue weighted by molar-refractivity contribution is -0.116. The number of hydrogen-bond acceptors (Lipinski definition) is 8. The largest absolute Gasteiger partial charge is 0.493 e. The molecule has 50 heavy (non-hydrogen) atoms. The second kappa shape index (κ2) is 11.6. The van der Waals surface area contributed by atoms with Gasteiger partial charge >= 0.3 is 16.3 Å². The third-order valence-corrected chi connectivity index (χ3v) is 9.40. The predicted molar refractivity (Wildman–Crippen MR) is 178 cm³/mol. The van der Waals surface area contributed by atoms with Crippen LogP contribution in [0.2, 0.25) is 0 Å². The lowest BCUT2D eigenvalue weighted by atomic mass is 10.1. The van der Waals surface area contributed by atoms with Gasteiger partial charge in [-0.05, 0) is 75.2 Å². The molecular formula is C32H36F5N7O5S. The Morgan fingerprint density at radius 3 is 2.30 bits per heavy atom. The first kappa shape index (κ1) is 35.0. The zero-order chi connectivity index (χ0) is 36.3. The highest BCUT2D eigenvalue weighted by Crippen LogP contribution is 3.02. The molecule has 18 heteroatoms. The lowest BCUT2D eigenvalue weighted by Crippen LogP contribution is -2.51. The molecule has 0 aliphatic carbocycles. The van der Waals surface area contributed by atoms with Crippen LogP contribution in [0.1, 0.15) is 39.0 Å². The minimum absolute atomic E-state index is 0.0427. The average Bonchev–Trinajstić information content (AvgIpc) is 3.68. The number of carbonyl (C=O) groups excluding carboxylic acids is 2. The van der Waals surface area contributed by atoms with Gasteiger partial charge < -0.3 is 29.2 Å². The first-order valence-corrected chi connectivity index (χ1v) is 17.8. The van der Waals surface area contributed by atoms with Crippen molar-refractivity contribution in [3.63, 3.8) is 0 Å². The van der Waals surface area contributed by atoms with Crippen LogP contribution in [0.5, 0.6) is 5.75 Å². The van der Waals surface area contributed by atoms with E-state index < -0.39 is 44.8 Å². The molecule has 0 saturated carbocycles. The SMILES string of the molecule is CCc1c(N2CCN(C(=O)OC(C)(C)C)CC2)c(=O)n2nc(-c3ccc4c(c3)CCO4)nc2n1CC(=O)Nc1ccc(S(F)(F)(F)(F)F)cc1. The average molecular weight is 726 g/mol. The Balaban J connectivity index is 1.37. The number of nitrogens with zero attached hydrogens (tertiary/aromatic N) is 6. The molecule has 4 heterocycles. The van der Waals surface area contributed by atoms with E-state index in [1.54, 1.807) is 44.7 Å². The van der Waals surface area contributed by atoms with Crippen LogP contribution in [0.25, 0.3) is 17.2 Å². The van der Waals surface area contributed by atoms with Crippen molar-refractivity contribution in [3.05, 3.63) is 64.1 Å². The minimum atomic E-state index is -9.90. The monoisotopic (exact) mass is 725 g/mol. The van der Waals surface area contributed by atoms with Crippen LogP contribution in [0.15, 0.2) is 52.2 Å². The summed E-state index contributed by atoms with van der Waals surface area (Å²) >= 11 is 0. The van der Waals surface area contributed by atoms with E-state index in [9.17, 15) is 33.8 Å². The number of rotatable bonds is 7. The predicted octanol–water partition coefficient (Wildman–Crippen LogP) is 6.41. The molecule has 270 valence electrons. The van der Waals surface area contributed by atoms with E-state index >= 15 is 0 Å². The van der Waals surface area contributed by atoms with Crippen LogP contribution in [-0.2, 0) is 28.9 Å². The van der Waals surface area contributed by atoms with Crippen molar-refractivity contribution in [3.8, 4) is 17.1 Å². The van der Waals surface area contributed by atoms with Gasteiger partial charge in [0.2, 0.25) is 11.7 Å². The highest BCUT2D eigenvalue weighted by molar-refractivity contribution is 8.45.